The van der Waals surface area contributed by atoms with Crippen LogP contribution in [0.15, 0.2) is 48.5 Å². The molecule has 3 aliphatic heterocycles. The predicted octanol–water partition coefficient (Wildman–Crippen LogP) is 3.01. The number of hydrogen-bond donors (Lipinski definition) is 2. The smallest absolute Gasteiger partial charge is 0.407 e. The summed E-state index contributed by atoms with van der Waals surface area (Å²) >= 11 is 0. The van der Waals surface area contributed by atoms with Crippen LogP contribution in [0.1, 0.15) is 30.9 Å². The van der Waals surface area contributed by atoms with Crippen LogP contribution in [0.5, 0.6) is 0 Å². The topological polar surface area (TPSA) is 86.3 Å². The first-order chi connectivity index (χ1) is 14.9. The molecule has 0 aromatic heterocycles. The van der Waals surface area contributed by atoms with Crippen molar-refractivity contribution in [1.82, 2.24) is 5.32 Å². The molecular formula is C24H27NO6. The molecule has 4 aliphatic rings. The fraction of sp³-hybridized carbons (Fsp3) is 0.458. The Morgan fingerprint density at radius 3 is 2.10 bits per heavy atom. The van der Waals surface area contributed by atoms with Gasteiger partial charge in [-0.3, -0.25) is 0 Å². The molecule has 2 N–H and O–H groups in total. The number of amides is 1. The van der Waals surface area contributed by atoms with Crippen LogP contribution in [0.3, 0.4) is 0 Å². The van der Waals surface area contributed by atoms with Crippen LogP contribution < -0.4 is 5.32 Å². The Bertz CT molecular complexity index is 920. The summed E-state index contributed by atoms with van der Waals surface area (Å²) in [7, 11) is 0. The van der Waals surface area contributed by atoms with Crippen molar-refractivity contribution in [2.75, 3.05) is 26.4 Å². The molecule has 7 heteroatoms. The summed E-state index contributed by atoms with van der Waals surface area (Å²) in [5.74, 6) is -1.55. The van der Waals surface area contributed by atoms with Gasteiger partial charge in [-0.05, 0) is 29.2 Å². The molecule has 2 bridgehead atoms. The van der Waals surface area contributed by atoms with E-state index in [0.717, 1.165) is 22.3 Å². The van der Waals surface area contributed by atoms with Gasteiger partial charge in [-0.15, -0.1) is 0 Å². The minimum atomic E-state index is -1.50. The number of fused-ring (bicyclic) bond motifs is 6. The summed E-state index contributed by atoms with van der Waals surface area (Å²) in [4.78, 5) is 12.7. The highest BCUT2D eigenvalue weighted by Gasteiger charge is 2.57. The number of carbonyl (C=O) groups is 1. The number of benzene rings is 2. The van der Waals surface area contributed by atoms with Crippen LogP contribution in [-0.4, -0.2) is 55.7 Å². The van der Waals surface area contributed by atoms with Crippen LogP contribution in [0.4, 0.5) is 4.79 Å². The first-order valence-corrected chi connectivity index (χ1v) is 10.6. The maximum atomic E-state index is 12.7. The second-order valence-electron chi connectivity index (χ2n) is 8.97. The maximum Gasteiger partial charge on any atom is 0.407 e. The zero-order valence-corrected chi connectivity index (χ0v) is 17.7. The number of nitrogens with one attached hydrogen (secondary N) is 1. The highest BCUT2D eigenvalue weighted by Crippen LogP contribution is 2.44. The molecule has 3 saturated heterocycles. The minimum Gasteiger partial charge on any atom is -0.449 e. The van der Waals surface area contributed by atoms with E-state index >= 15 is 0 Å². The lowest BCUT2D eigenvalue weighted by Crippen LogP contribution is -2.69. The van der Waals surface area contributed by atoms with Gasteiger partial charge >= 0.3 is 12.1 Å². The Labute approximate surface area is 181 Å². The van der Waals surface area contributed by atoms with E-state index < -0.39 is 24.2 Å². The van der Waals surface area contributed by atoms with Gasteiger partial charge in [0.05, 0.1) is 25.9 Å². The fourth-order valence-electron chi connectivity index (χ4n) is 4.62. The van der Waals surface area contributed by atoms with Crippen molar-refractivity contribution in [2.24, 2.45) is 5.41 Å². The van der Waals surface area contributed by atoms with Crippen LogP contribution in [0.2, 0.25) is 0 Å². The molecule has 0 spiro atoms. The zero-order valence-electron chi connectivity index (χ0n) is 17.7. The van der Waals surface area contributed by atoms with Crippen molar-refractivity contribution in [3.63, 3.8) is 0 Å². The molecule has 1 aliphatic carbocycles. The average Bonchev–Trinajstić information content (AvgIpc) is 3.10. The third kappa shape index (κ3) is 3.51. The van der Waals surface area contributed by atoms with E-state index in [4.69, 9.17) is 18.9 Å². The minimum absolute atomic E-state index is 0.0462. The monoisotopic (exact) mass is 425 g/mol. The van der Waals surface area contributed by atoms with E-state index in [-0.39, 0.29) is 17.9 Å². The van der Waals surface area contributed by atoms with Crippen molar-refractivity contribution >= 4 is 6.09 Å². The fourth-order valence-corrected chi connectivity index (χ4v) is 4.62. The molecule has 7 nitrogen and oxygen atoms in total. The van der Waals surface area contributed by atoms with Crippen molar-refractivity contribution < 1.29 is 28.8 Å². The quantitative estimate of drug-likeness (QED) is 0.766. The van der Waals surface area contributed by atoms with Crippen LogP contribution in [0.25, 0.3) is 11.1 Å². The van der Waals surface area contributed by atoms with Gasteiger partial charge in [-0.25, -0.2) is 4.79 Å². The van der Waals surface area contributed by atoms with Crippen molar-refractivity contribution in [1.29, 1.82) is 0 Å². The standard InChI is InChI=1S/C24H27NO6/c1-15(26)21(24-29-12-23(2,13-30-24)14-31-24)25-22(27)28-11-20-18-9-5-3-7-16(18)17-8-4-6-10-19(17)20/h3-10,15,20-21,26H,11-14H2,1-2H3,(H,25,27)/t15-,21+,23?,24?/m1/s1. The number of aliphatic hydroxyl groups excluding tert-OH is 1. The Morgan fingerprint density at radius 2 is 1.58 bits per heavy atom. The Hall–Kier alpha value is -2.45. The molecule has 1 amide bonds. The highest BCUT2D eigenvalue weighted by molar-refractivity contribution is 5.79. The predicted molar refractivity (Wildman–Crippen MR) is 112 cm³/mol. The third-order valence-electron chi connectivity index (χ3n) is 6.35. The average molecular weight is 425 g/mol. The van der Waals surface area contributed by atoms with E-state index in [2.05, 4.69) is 29.6 Å². The number of carbonyl (C=O) groups excluding carboxylic acids is 1. The normalized spacial score (nSPS) is 28.5. The number of rotatable bonds is 5. The first-order valence-electron chi connectivity index (χ1n) is 10.6. The third-order valence-corrected chi connectivity index (χ3v) is 6.35. The second kappa shape index (κ2) is 7.60. The van der Waals surface area contributed by atoms with Crippen LogP contribution in [0, 0.1) is 5.41 Å². The number of ether oxygens (including phenoxy) is 4. The van der Waals surface area contributed by atoms with E-state index in [1.165, 1.54) is 0 Å². The summed E-state index contributed by atoms with van der Waals surface area (Å²) in [5.41, 5.74) is 4.38. The van der Waals surface area contributed by atoms with E-state index in [1.807, 2.05) is 31.2 Å². The lowest BCUT2D eigenvalue weighted by Gasteiger charge is -2.53. The van der Waals surface area contributed by atoms with Gasteiger partial charge in [-0.2, -0.15) is 0 Å². The second-order valence-corrected chi connectivity index (χ2v) is 8.97. The molecule has 6 rings (SSSR count). The molecule has 3 fully saturated rings. The lowest BCUT2D eigenvalue weighted by molar-refractivity contribution is -0.477. The number of alkyl carbamates (subject to hydrolysis) is 1. The highest BCUT2D eigenvalue weighted by atomic mass is 16.9. The SMILES string of the molecule is C[C@@H](O)[C@H](NC(=O)OCC1c2ccccc2-c2ccccc21)C12OCC(C)(CO1)CO2. The maximum absolute atomic E-state index is 12.7. The molecule has 31 heavy (non-hydrogen) atoms. The van der Waals surface area contributed by atoms with E-state index in [1.54, 1.807) is 6.92 Å². The summed E-state index contributed by atoms with van der Waals surface area (Å²) in [5, 5.41) is 13.0. The van der Waals surface area contributed by atoms with Crippen molar-refractivity contribution in [2.45, 2.75) is 37.9 Å². The Kier molecular flexibility index (Phi) is 5.01. The van der Waals surface area contributed by atoms with Gasteiger partial charge < -0.3 is 29.4 Å². The molecule has 3 heterocycles. The molecule has 0 radical (unpaired) electrons. The molecule has 2 aromatic rings. The Balaban J connectivity index is 1.29. The largest absolute Gasteiger partial charge is 0.449 e. The van der Waals surface area contributed by atoms with Gasteiger partial charge in [0.25, 0.3) is 0 Å². The van der Waals surface area contributed by atoms with Crippen LogP contribution in [-0.2, 0) is 18.9 Å². The molecule has 0 saturated carbocycles. The van der Waals surface area contributed by atoms with Gasteiger partial charge in [0.1, 0.15) is 12.6 Å². The lowest BCUT2D eigenvalue weighted by atomic mass is 9.90. The summed E-state index contributed by atoms with van der Waals surface area (Å²) < 4.78 is 23.0. The molecule has 164 valence electrons. The Morgan fingerprint density at radius 1 is 1.06 bits per heavy atom. The molecular weight excluding hydrogens is 398 g/mol. The summed E-state index contributed by atoms with van der Waals surface area (Å²) in [6.07, 6.45) is -1.63. The van der Waals surface area contributed by atoms with Gasteiger partial charge in [0.2, 0.25) is 0 Å². The van der Waals surface area contributed by atoms with E-state index in [9.17, 15) is 9.90 Å². The van der Waals surface area contributed by atoms with Crippen molar-refractivity contribution in [3.8, 4) is 11.1 Å². The van der Waals surface area contributed by atoms with Crippen molar-refractivity contribution in [3.05, 3.63) is 59.7 Å². The van der Waals surface area contributed by atoms with E-state index in [0.29, 0.717) is 19.8 Å². The number of aliphatic hydroxyl groups is 1. The van der Waals surface area contributed by atoms with Gasteiger partial charge in [0.15, 0.2) is 0 Å². The first kappa shape index (κ1) is 20.5. The molecule has 2 aromatic carbocycles. The van der Waals surface area contributed by atoms with Gasteiger partial charge in [-0.1, -0.05) is 55.5 Å². The molecule has 2 atom stereocenters. The van der Waals surface area contributed by atoms with Crippen LogP contribution >= 0.6 is 0 Å². The molecule has 0 unspecified atom stereocenters. The summed E-state index contributed by atoms with van der Waals surface area (Å²) in [6.45, 7) is 5.04. The number of hydrogen-bond acceptors (Lipinski definition) is 6. The van der Waals surface area contributed by atoms with Gasteiger partial charge in [0, 0.05) is 11.3 Å². The summed E-state index contributed by atoms with van der Waals surface area (Å²) in [6, 6.07) is 15.4. The zero-order chi connectivity index (χ0) is 21.6.